The Kier molecular flexibility index (Phi) is 4.12. The van der Waals surface area contributed by atoms with Crippen LogP contribution in [0.3, 0.4) is 0 Å². The number of carbonyl (C=O) groups excluding carboxylic acids is 1. The minimum atomic E-state index is -0.484. The van der Waals surface area contributed by atoms with Crippen LogP contribution in [0.1, 0.15) is 30.8 Å². The smallest absolute Gasteiger partial charge is 0.248 e. The quantitative estimate of drug-likeness (QED) is 0.763. The molecule has 0 saturated carbocycles. The summed E-state index contributed by atoms with van der Waals surface area (Å²) < 4.78 is 1.69. The van der Waals surface area contributed by atoms with Gasteiger partial charge in [0, 0.05) is 18.7 Å². The number of aliphatic hydroxyl groups is 1. The molecule has 2 aromatic rings. The highest BCUT2D eigenvalue weighted by atomic mass is 16.3. The van der Waals surface area contributed by atoms with E-state index in [2.05, 4.69) is 15.4 Å². The molecule has 1 aromatic carbocycles. The van der Waals surface area contributed by atoms with Gasteiger partial charge in [-0.25, -0.2) is 4.68 Å². The summed E-state index contributed by atoms with van der Waals surface area (Å²) in [6.07, 6.45) is 1.17. The molecule has 1 aromatic heterocycles. The number of allylic oxidation sites excluding steroid dienone is 1. The van der Waals surface area contributed by atoms with Crippen LogP contribution in [0, 0.1) is 0 Å². The van der Waals surface area contributed by atoms with Crippen LogP contribution in [-0.4, -0.2) is 32.4 Å². The van der Waals surface area contributed by atoms with Gasteiger partial charge >= 0.3 is 0 Å². The number of carbonyl (C=O) groups is 1. The zero-order valence-electron chi connectivity index (χ0n) is 12.9. The van der Waals surface area contributed by atoms with E-state index >= 15 is 0 Å². The van der Waals surface area contributed by atoms with Crippen molar-refractivity contribution in [2.24, 2.45) is 5.73 Å². The Bertz CT molecular complexity index is 751. The maximum atomic E-state index is 12.0. The molecule has 0 radical (unpaired) electrons. The average molecular weight is 313 g/mol. The van der Waals surface area contributed by atoms with Crippen LogP contribution in [0.5, 0.6) is 0 Å². The lowest BCUT2D eigenvalue weighted by molar-refractivity contribution is -0.115. The van der Waals surface area contributed by atoms with Crippen molar-refractivity contribution >= 4 is 11.9 Å². The number of hydrogen-bond donors (Lipinski definition) is 3. The van der Waals surface area contributed by atoms with Gasteiger partial charge in [0.15, 0.2) is 5.82 Å². The second-order valence-electron chi connectivity index (χ2n) is 5.46. The number of benzene rings is 1. The van der Waals surface area contributed by atoms with E-state index in [-0.39, 0.29) is 6.61 Å². The number of primary amides is 1. The number of fused-ring (bicyclic) bond motifs is 1. The van der Waals surface area contributed by atoms with E-state index in [9.17, 15) is 4.79 Å². The lowest BCUT2D eigenvalue weighted by Crippen LogP contribution is -2.31. The maximum absolute atomic E-state index is 12.0. The first-order valence-corrected chi connectivity index (χ1v) is 7.50. The number of nitrogens with one attached hydrogen (secondary N) is 1. The Morgan fingerprint density at radius 3 is 2.78 bits per heavy atom. The molecular weight excluding hydrogens is 294 g/mol. The van der Waals surface area contributed by atoms with Gasteiger partial charge in [0.25, 0.3) is 0 Å². The first-order chi connectivity index (χ1) is 11.1. The third-order valence-electron chi connectivity index (χ3n) is 3.84. The summed E-state index contributed by atoms with van der Waals surface area (Å²) in [7, 11) is 0. The van der Waals surface area contributed by atoms with Crippen molar-refractivity contribution in [1.82, 2.24) is 14.8 Å². The number of rotatable bonds is 5. The fourth-order valence-electron chi connectivity index (χ4n) is 2.80. The molecule has 1 atom stereocenters. The first kappa shape index (κ1) is 15.2. The highest BCUT2D eigenvalue weighted by Crippen LogP contribution is 2.34. The number of aromatic nitrogens is 3. The topological polar surface area (TPSA) is 106 Å². The van der Waals surface area contributed by atoms with E-state index in [0.29, 0.717) is 35.9 Å². The van der Waals surface area contributed by atoms with Crippen LogP contribution in [0.4, 0.5) is 5.95 Å². The second-order valence-corrected chi connectivity index (χ2v) is 5.46. The molecule has 2 heterocycles. The molecule has 0 bridgehead atoms. The number of nitrogens with zero attached hydrogens (tertiary/aromatic N) is 3. The Labute approximate surface area is 133 Å². The van der Waals surface area contributed by atoms with Crippen LogP contribution in [0.2, 0.25) is 0 Å². The summed E-state index contributed by atoms with van der Waals surface area (Å²) in [6.45, 7) is 1.89. The number of nitrogens with two attached hydrogens (primary N) is 1. The van der Waals surface area contributed by atoms with Gasteiger partial charge in [-0.05, 0) is 18.9 Å². The summed E-state index contributed by atoms with van der Waals surface area (Å²) in [5, 5.41) is 16.6. The number of amides is 1. The van der Waals surface area contributed by atoms with Crippen LogP contribution < -0.4 is 11.1 Å². The van der Waals surface area contributed by atoms with Crippen LogP contribution in [-0.2, 0) is 11.2 Å². The molecule has 7 nitrogen and oxygen atoms in total. The normalized spacial score (nSPS) is 16.9. The van der Waals surface area contributed by atoms with Gasteiger partial charge in [0.05, 0.1) is 5.57 Å². The van der Waals surface area contributed by atoms with Gasteiger partial charge in [0.1, 0.15) is 6.04 Å². The lowest BCUT2D eigenvalue weighted by Gasteiger charge is -2.27. The van der Waals surface area contributed by atoms with Crippen LogP contribution in [0.25, 0.3) is 0 Å². The third kappa shape index (κ3) is 2.83. The maximum Gasteiger partial charge on any atom is 0.248 e. The van der Waals surface area contributed by atoms with E-state index in [0.717, 1.165) is 5.56 Å². The van der Waals surface area contributed by atoms with Crippen molar-refractivity contribution < 1.29 is 9.90 Å². The predicted octanol–water partition coefficient (Wildman–Crippen LogP) is 0.977. The summed E-state index contributed by atoms with van der Waals surface area (Å²) in [6, 6.07) is 9.21. The Morgan fingerprint density at radius 1 is 1.39 bits per heavy atom. The Balaban J connectivity index is 2.09. The zero-order chi connectivity index (χ0) is 16.4. The van der Waals surface area contributed by atoms with Crippen LogP contribution >= 0.6 is 0 Å². The summed E-state index contributed by atoms with van der Waals surface area (Å²) in [5.41, 5.74) is 7.67. The van der Waals surface area contributed by atoms with E-state index in [4.69, 9.17) is 10.8 Å². The highest BCUT2D eigenvalue weighted by molar-refractivity contribution is 5.95. The van der Waals surface area contributed by atoms with Gasteiger partial charge in [0.2, 0.25) is 11.9 Å². The summed E-state index contributed by atoms with van der Waals surface area (Å²) in [4.78, 5) is 16.4. The van der Waals surface area contributed by atoms with Gasteiger partial charge in [-0.3, -0.25) is 4.79 Å². The largest absolute Gasteiger partial charge is 0.396 e. The molecular formula is C16H19N5O2. The van der Waals surface area contributed by atoms with Crippen molar-refractivity contribution in [3.63, 3.8) is 0 Å². The van der Waals surface area contributed by atoms with Gasteiger partial charge in [-0.1, -0.05) is 30.3 Å². The number of hydrogen-bond acceptors (Lipinski definition) is 5. The van der Waals surface area contributed by atoms with E-state index in [1.165, 1.54) is 0 Å². The second kappa shape index (κ2) is 6.21. The molecule has 23 heavy (non-hydrogen) atoms. The predicted molar refractivity (Wildman–Crippen MR) is 85.5 cm³/mol. The molecule has 1 unspecified atom stereocenters. The Morgan fingerprint density at radius 2 is 2.13 bits per heavy atom. The number of aliphatic hydroxyl groups excluding tert-OH is 1. The van der Waals surface area contributed by atoms with E-state index in [1.54, 1.807) is 4.68 Å². The molecule has 0 aliphatic carbocycles. The first-order valence-electron chi connectivity index (χ1n) is 7.50. The van der Waals surface area contributed by atoms with Crippen molar-refractivity contribution in [2.75, 3.05) is 11.9 Å². The standard InChI is InChI=1S/C16H19N5O2/c1-10-13(15(17)23)14(11-6-3-2-4-7-11)21-16(18-10)19-12(20-21)8-5-9-22/h2-4,6-7,14,22H,5,8-9H2,1H3,(H2,17,23)(H,18,19,20). The molecule has 1 aliphatic rings. The fraction of sp³-hybridized carbons (Fsp3) is 0.312. The number of aryl methyl sites for hydroxylation is 1. The molecule has 120 valence electrons. The SMILES string of the molecule is CC1=C(C(N)=O)C(c2ccccc2)n2nc(CCCO)nc2N1. The van der Waals surface area contributed by atoms with Crippen molar-refractivity contribution in [3.8, 4) is 0 Å². The van der Waals surface area contributed by atoms with Gasteiger partial charge < -0.3 is 16.2 Å². The summed E-state index contributed by atoms with van der Waals surface area (Å²) >= 11 is 0. The molecule has 0 fully saturated rings. The average Bonchev–Trinajstić information content (AvgIpc) is 2.94. The number of anilines is 1. The van der Waals surface area contributed by atoms with E-state index in [1.807, 2.05) is 37.3 Å². The lowest BCUT2D eigenvalue weighted by atomic mass is 9.95. The third-order valence-corrected chi connectivity index (χ3v) is 3.84. The molecule has 1 amide bonds. The summed E-state index contributed by atoms with van der Waals surface area (Å²) in [5.74, 6) is 0.720. The molecule has 4 N–H and O–H groups in total. The van der Waals surface area contributed by atoms with Crippen molar-refractivity contribution in [3.05, 3.63) is 53.0 Å². The van der Waals surface area contributed by atoms with Crippen molar-refractivity contribution in [2.45, 2.75) is 25.8 Å². The minimum absolute atomic E-state index is 0.0865. The van der Waals surface area contributed by atoms with Crippen LogP contribution in [0.15, 0.2) is 41.6 Å². The van der Waals surface area contributed by atoms with Gasteiger partial charge in [-0.2, -0.15) is 10.1 Å². The molecule has 3 rings (SSSR count). The fourth-order valence-corrected chi connectivity index (χ4v) is 2.80. The monoisotopic (exact) mass is 313 g/mol. The molecule has 7 heteroatoms. The Hall–Kier alpha value is -2.67. The highest BCUT2D eigenvalue weighted by Gasteiger charge is 2.32. The van der Waals surface area contributed by atoms with Crippen molar-refractivity contribution in [1.29, 1.82) is 0 Å². The zero-order valence-corrected chi connectivity index (χ0v) is 12.9. The molecule has 0 saturated heterocycles. The van der Waals surface area contributed by atoms with Gasteiger partial charge in [-0.15, -0.1) is 0 Å². The van der Waals surface area contributed by atoms with E-state index < -0.39 is 11.9 Å². The molecule has 0 spiro atoms. The molecule has 1 aliphatic heterocycles. The minimum Gasteiger partial charge on any atom is -0.396 e.